The van der Waals surface area contributed by atoms with Gasteiger partial charge in [0.05, 0.1) is 5.54 Å². The second kappa shape index (κ2) is 8.07. The first-order valence-corrected chi connectivity index (χ1v) is 11.2. The molecule has 166 valence electrons. The third-order valence-electron chi connectivity index (χ3n) is 5.26. The van der Waals surface area contributed by atoms with Crippen molar-refractivity contribution < 1.29 is 9.59 Å². The van der Waals surface area contributed by atoms with Gasteiger partial charge < -0.3 is 5.32 Å². The first kappa shape index (κ1) is 22.9. The maximum Gasteiger partial charge on any atom is 0.273 e. The van der Waals surface area contributed by atoms with Crippen molar-refractivity contribution in [1.82, 2.24) is 20.1 Å². The molecule has 1 atom stereocenters. The van der Waals surface area contributed by atoms with Crippen molar-refractivity contribution in [3.8, 4) is 0 Å². The van der Waals surface area contributed by atoms with Gasteiger partial charge in [-0.25, -0.2) is 4.68 Å². The summed E-state index contributed by atoms with van der Waals surface area (Å²) in [4.78, 5) is 30.3. The summed E-state index contributed by atoms with van der Waals surface area (Å²) in [5.74, 6) is -0.477. The van der Waals surface area contributed by atoms with Gasteiger partial charge in [-0.3, -0.25) is 14.9 Å². The Balaban J connectivity index is 1.97. The number of rotatable bonds is 4. The summed E-state index contributed by atoms with van der Waals surface area (Å²) in [7, 11) is 0. The Morgan fingerprint density at radius 3 is 2.19 bits per heavy atom. The summed E-state index contributed by atoms with van der Waals surface area (Å²) < 4.78 is 2.41. The van der Waals surface area contributed by atoms with Gasteiger partial charge in [0.25, 0.3) is 11.8 Å². The zero-order valence-corrected chi connectivity index (χ0v) is 20.3. The predicted octanol–water partition coefficient (Wildman–Crippen LogP) is 4.97. The third-order valence-corrected chi connectivity index (χ3v) is 6.22. The molecular formula is C23H31N5O2S. The van der Waals surface area contributed by atoms with Gasteiger partial charge in [-0.15, -0.1) is 0 Å². The zero-order chi connectivity index (χ0) is 23.1. The number of aryl methyl sites for hydroxylation is 1. The van der Waals surface area contributed by atoms with E-state index in [1.165, 1.54) is 11.3 Å². The van der Waals surface area contributed by atoms with Gasteiger partial charge >= 0.3 is 0 Å². The molecule has 0 aliphatic carbocycles. The fraction of sp³-hybridized carbons (Fsp3) is 0.478. The van der Waals surface area contributed by atoms with E-state index in [1.54, 1.807) is 16.8 Å². The Hall–Kier alpha value is -2.74. The van der Waals surface area contributed by atoms with Crippen molar-refractivity contribution >= 4 is 38.6 Å². The minimum Gasteiger partial charge on any atom is -0.348 e. The molecule has 2 aromatic heterocycles. The number of fused-ring (bicyclic) bond motifs is 1. The van der Waals surface area contributed by atoms with E-state index in [0.29, 0.717) is 26.7 Å². The number of anilines is 1. The highest BCUT2D eigenvalue weighted by Crippen LogP contribution is 2.32. The van der Waals surface area contributed by atoms with E-state index in [9.17, 15) is 9.59 Å². The van der Waals surface area contributed by atoms with Crippen molar-refractivity contribution in [2.45, 2.75) is 67.0 Å². The average molecular weight is 442 g/mol. The van der Waals surface area contributed by atoms with Crippen molar-refractivity contribution in [1.29, 1.82) is 0 Å². The Kier molecular flexibility index (Phi) is 5.97. The van der Waals surface area contributed by atoms with Crippen molar-refractivity contribution in [2.24, 2.45) is 5.41 Å². The summed E-state index contributed by atoms with van der Waals surface area (Å²) >= 11 is 1.26. The molecule has 0 aliphatic heterocycles. The Bertz CT molecular complexity index is 1110. The number of aromatic nitrogens is 3. The number of nitrogens with zero attached hydrogens (tertiary/aromatic N) is 3. The second-order valence-corrected chi connectivity index (χ2v) is 11.0. The molecule has 0 fully saturated rings. The molecule has 0 saturated carbocycles. The number of thiazole rings is 1. The van der Waals surface area contributed by atoms with Crippen molar-refractivity contribution in [2.75, 3.05) is 5.32 Å². The third kappa shape index (κ3) is 4.95. The highest BCUT2D eigenvalue weighted by Gasteiger charge is 2.29. The SMILES string of the molecule is Cc1ccc(C(=O)Nc2nc3c(s2)c(C(=O)NC(C)C(C)(C)C)nn3C(C)(C)C)cc1. The maximum absolute atomic E-state index is 13.0. The normalized spacial score (nSPS) is 13.3. The lowest BCUT2D eigenvalue weighted by Gasteiger charge is -2.27. The van der Waals surface area contributed by atoms with Gasteiger partial charge in [-0.2, -0.15) is 10.1 Å². The van der Waals surface area contributed by atoms with Gasteiger partial charge in [0, 0.05) is 11.6 Å². The molecule has 0 aliphatic rings. The number of amides is 2. The minimum atomic E-state index is -0.376. The topological polar surface area (TPSA) is 88.9 Å². The molecule has 8 heteroatoms. The lowest BCUT2D eigenvalue weighted by molar-refractivity contribution is 0.0904. The van der Waals surface area contributed by atoms with Crippen LogP contribution in [0.2, 0.25) is 0 Å². The minimum absolute atomic E-state index is 0.0385. The molecular weight excluding hydrogens is 410 g/mol. The first-order chi connectivity index (χ1) is 14.3. The molecule has 1 unspecified atom stereocenters. The summed E-state index contributed by atoms with van der Waals surface area (Å²) in [5.41, 5.74) is 2.10. The van der Waals surface area contributed by atoms with E-state index < -0.39 is 0 Å². The standard InChI is InChI=1S/C23H31N5O2S/c1-13-9-11-15(12-10-13)19(29)26-21-25-18-17(31-21)16(27-28(18)23(6,7)8)20(30)24-14(2)22(3,4)5/h9-12,14H,1-8H3,(H,24,30)(H,25,26,29). The summed E-state index contributed by atoms with van der Waals surface area (Å²) in [6, 6.07) is 7.31. The Morgan fingerprint density at radius 2 is 1.65 bits per heavy atom. The van der Waals surface area contributed by atoms with Gasteiger partial charge in [-0.05, 0) is 52.2 Å². The lowest BCUT2D eigenvalue weighted by Crippen LogP contribution is -2.41. The van der Waals surface area contributed by atoms with Crippen molar-refractivity contribution in [3.63, 3.8) is 0 Å². The van der Waals surface area contributed by atoms with E-state index >= 15 is 0 Å². The van der Waals surface area contributed by atoms with Crippen LogP contribution in [0, 0.1) is 12.3 Å². The molecule has 7 nitrogen and oxygen atoms in total. The zero-order valence-electron chi connectivity index (χ0n) is 19.5. The monoisotopic (exact) mass is 441 g/mol. The molecule has 3 rings (SSSR count). The molecule has 2 heterocycles. The number of nitrogens with one attached hydrogen (secondary N) is 2. The van der Waals surface area contributed by atoms with Crippen LogP contribution in [0.3, 0.4) is 0 Å². The van der Waals surface area contributed by atoms with Crippen LogP contribution in [0.15, 0.2) is 24.3 Å². The van der Waals surface area contributed by atoms with Gasteiger partial charge in [0.1, 0.15) is 4.70 Å². The summed E-state index contributed by atoms with van der Waals surface area (Å²) in [5, 5.41) is 10.9. The molecule has 31 heavy (non-hydrogen) atoms. The summed E-state index contributed by atoms with van der Waals surface area (Å²) in [6.07, 6.45) is 0. The number of hydrogen-bond donors (Lipinski definition) is 2. The van der Waals surface area contributed by atoms with Crippen molar-refractivity contribution in [3.05, 3.63) is 41.1 Å². The highest BCUT2D eigenvalue weighted by molar-refractivity contribution is 7.22. The largest absolute Gasteiger partial charge is 0.348 e. The molecule has 0 radical (unpaired) electrons. The van der Waals surface area contributed by atoms with Gasteiger partial charge in [-0.1, -0.05) is 49.8 Å². The molecule has 0 spiro atoms. The van der Waals surface area contributed by atoms with Gasteiger partial charge in [0.2, 0.25) is 0 Å². The van der Waals surface area contributed by atoms with Crippen LogP contribution in [0.1, 0.15) is 74.9 Å². The van der Waals surface area contributed by atoms with Crippen LogP contribution in [-0.4, -0.2) is 32.6 Å². The highest BCUT2D eigenvalue weighted by atomic mass is 32.1. The fourth-order valence-corrected chi connectivity index (χ4v) is 3.75. The fourth-order valence-electron chi connectivity index (χ4n) is 2.83. The van der Waals surface area contributed by atoms with Crippen LogP contribution in [-0.2, 0) is 5.54 Å². The number of carbonyl (C=O) groups excluding carboxylic acids is 2. The molecule has 3 aromatic rings. The lowest BCUT2D eigenvalue weighted by atomic mass is 9.88. The maximum atomic E-state index is 13.0. The molecule has 0 saturated heterocycles. The van der Waals surface area contributed by atoms with E-state index in [-0.39, 0.29) is 28.8 Å². The van der Waals surface area contributed by atoms with E-state index in [4.69, 9.17) is 0 Å². The number of benzene rings is 1. The van der Waals surface area contributed by atoms with E-state index in [0.717, 1.165) is 5.56 Å². The Labute approximate surface area is 187 Å². The molecule has 0 bridgehead atoms. The van der Waals surface area contributed by atoms with Crippen LogP contribution in [0.25, 0.3) is 10.3 Å². The molecule has 2 amide bonds. The van der Waals surface area contributed by atoms with E-state index in [2.05, 4.69) is 41.5 Å². The predicted molar refractivity (Wildman–Crippen MR) is 126 cm³/mol. The van der Waals surface area contributed by atoms with Crippen LogP contribution < -0.4 is 10.6 Å². The quantitative estimate of drug-likeness (QED) is 0.598. The number of hydrogen-bond acceptors (Lipinski definition) is 5. The second-order valence-electron chi connectivity index (χ2n) is 9.98. The van der Waals surface area contributed by atoms with Gasteiger partial charge in [0.15, 0.2) is 16.5 Å². The van der Waals surface area contributed by atoms with Crippen LogP contribution in [0.5, 0.6) is 0 Å². The number of carbonyl (C=O) groups is 2. The molecule has 1 aromatic carbocycles. The van der Waals surface area contributed by atoms with Crippen LogP contribution >= 0.6 is 11.3 Å². The molecule has 2 N–H and O–H groups in total. The summed E-state index contributed by atoms with van der Waals surface area (Å²) in [6.45, 7) is 16.2. The Morgan fingerprint density at radius 1 is 1.03 bits per heavy atom. The van der Waals surface area contributed by atoms with E-state index in [1.807, 2.05) is 46.8 Å². The smallest absolute Gasteiger partial charge is 0.273 e. The average Bonchev–Trinajstić information content (AvgIpc) is 3.19. The first-order valence-electron chi connectivity index (χ1n) is 10.4. The van der Waals surface area contributed by atoms with Crippen LogP contribution in [0.4, 0.5) is 5.13 Å².